The van der Waals surface area contributed by atoms with Gasteiger partial charge in [0.2, 0.25) is 5.91 Å². The molecule has 1 aliphatic rings. The van der Waals surface area contributed by atoms with Crippen molar-refractivity contribution < 1.29 is 9.21 Å². The van der Waals surface area contributed by atoms with Crippen molar-refractivity contribution in [3.8, 4) is 0 Å². The van der Waals surface area contributed by atoms with Crippen LogP contribution < -0.4 is 0 Å². The maximum Gasteiger partial charge on any atom is 0.225 e. The molecular weight excluding hydrogens is 282 g/mol. The predicted octanol–water partition coefficient (Wildman–Crippen LogP) is 4.10. The van der Waals surface area contributed by atoms with E-state index in [1.165, 1.54) is 17.7 Å². The molecular formula is C17H21NO2S. The number of hydrogen-bond donors (Lipinski definition) is 0. The summed E-state index contributed by atoms with van der Waals surface area (Å²) in [6, 6.07) is 6.15. The summed E-state index contributed by atoms with van der Waals surface area (Å²) >= 11 is 1.76. The molecule has 1 saturated carbocycles. The van der Waals surface area contributed by atoms with Crippen LogP contribution in [0.4, 0.5) is 0 Å². The second kappa shape index (κ2) is 6.94. The van der Waals surface area contributed by atoms with Crippen molar-refractivity contribution >= 4 is 17.2 Å². The molecule has 112 valence electrons. The van der Waals surface area contributed by atoms with Crippen LogP contribution in [0.5, 0.6) is 0 Å². The summed E-state index contributed by atoms with van der Waals surface area (Å²) in [4.78, 5) is 16.1. The third kappa shape index (κ3) is 3.76. The van der Waals surface area contributed by atoms with Gasteiger partial charge < -0.3 is 9.32 Å². The fourth-order valence-corrected chi connectivity index (χ4v) is 3.70. The first-order valence-corrected chi connectivity index (χ1v) is 8.53. The largest absolute Gasteiger partial charge is 0.472 e. The van der Waals surface area contributed by atoms with Gasteiger partial charge in [-0.25, -0.2) is 0 Å². The summed E-state index contributed by atoms with van der Waals surface area (Å²) in [6.07, 6.45) is 8.85. The first-order valence-electron chi connectivity index (χ1n) is 7.65. The SMILES string of the molecule is O=C(C1CCCC1)N(CCc1cccs1)Cc1ccoc1. The Kier molecular flexibility index (Phi) is 4.76. The Morgan fingerprint density at radius 1 is 1.33 bits per heavy atom. The Hall–Kier alpha value is -1.55. The lowest BCUT2D eigenvalue weighted by Gasteiger charge is -2.25. The number of carbonyl (C=O) groups excluding carboxylic acids is 1. The van der Waals surface area contributed by atoms with Gasteiger partial charge in [-0.3, -0.25) is 4.79 Å². The van der Waals surface area contributed by atoms with Crippen LogP contribution in [0.2, 0.25) is 0 Å². The standard InChI is InChI=1S/C17H21NO2S/c19-17(15-4-1-2-5-15)18(12-14-8-10-20-13-14)9-7-16-6-3-11-21-16/h3,6,8,10-11,13,15H,1-2,4-5,7,9,12H2. The molecule has 3 nitrogen and oxygen atoms in total. The molecule has 1 fully saturated rings. The van der Waals surface area contributed by atoms with Crippen molar-refractivity contribution in [2.24, 2.45) is 5.92 Å². The van der Waals surface area contributed by atoms with Gasteiger partial charge in [0.1, 0.15) is 0 Å². The van der Waals surface area contributed by atoms with E-state index in [4.69, 9.17) is 4.42 Å². The Bertz CT molecular complexity index is 541. The van der Waals surface area contributed by atoms with E-state index in [0.29, 0.717) is 12.5 Å². The summed E-state index contributed by atoms with van der Waals surface area (Å²) in [5.74, 6) is 0.561. The molecule has 4 heteroatoms. The third-order valence-electron chi connectivity index (χ3n) is 4.18. The number of thiophene rings is 1. The van der Waals surface area contributed by atoms with Crippen LogP contribution in [0, 0.1) is 5.92 Å². The molecule has 0 aromatic carbocycles. The van der Waals surface area contributed by atoms with Gasteiger partial charge in [-0.15, -0.1) is 11.3 Å². The van der Waals surface area contributed by atoms with Crippen molar-refractivity contribution in [1.82, 2.24) is 4.90 Å². The maximum atomic E-state index is 12.7. The molecule has 0 radical (unpaired) electrons. The van der Waals surface area contributed by atoms with Crippen LogP contribution in [0.25, 0.3) is 0 Å². The molecule has 0 bridgehead atoms. The van der Waals surface area contributed by atoms with E-state index in [1.807, 2.05) is 11.0 Å². The molecule has 0 saturated heterocycles. The van der Waals surface area contributed by atoms with Crippen molar-refractivity contribution in [2.45, 2.75) is 38.6 Å². The van der Waals surface area contributed by atoms with Crippen LogP contribution in [0.1, 0.15) is 36.1 Å². The molecule has 0 unspecified atom stereocenters. The summed E-state index contributed by atoms with van der Waals surface area (Å²) in [5.41, 5.74) is 1.08. The molecule has 0 spiro atoms. The van der Waals surface area contributed by atoms with Crippen molar-refractivity contribution in [3.63, 3.8) is 0 Å². The Balaban J connectivity index is 1.65. The van der Waals surface area contributed by atoms with Crippen molar-refractivity contribution in [1.29, 1.82) is 0 Å². The van der Waals surface area contributed by atoms with E-state index in [0.717, 1.165) is 31.4 Å². The monoisotopic (exact) mass is 303 g/mol. The molecule has 0 N–H and O–H groups in total. The van der Waals surface area contributed by atoms with E-state index in [9.17, 15) is 4.79 Å². The van der Waals surface area contributed by atoms with Gasteiger partial charge in [0, 0.05) is 29.4 Å². The average Bonchev–Trinajstić information content (AvgIpc) is 3.26. The fourth-order valence-electron chi connectivity index (χ4n) is 3.00. The highest BCUT2D eigenvalue weighted by Crippen LogP contribution is 2.27. The maximum absolute atomic E-state index is 12.7. The number of amides is 1. The summed E-state index contributed by atoms with van der Waals surface area (Å²) < 4.78 is 5.14. The number of nitrogens with zero attached hydrogens (tertiary/aromatic N) is 1. The molecule has 0 atom stereocenters. The molecule has 1 amide bonds. The highest BCUT2D eigenvalue weighted by Gasteiger charge is 2.27. The van der Waals surface area contributed by atoms with Gasteiger partial charge in [-0.2, -0.15) is 0 Å². The minimum absolute atomic E-state index is 0.236. The molecule has 2 aromatic heterocycles. The number of furan rings is 1. The topological polar surface area (TPSA) is 33.5 Å². The first-order chi connectivity index (χ1) is 10.3. The summed E-state index contributed by atoms with van der Waals surface area (Å²) in [6.45, 7) is 1.46. The Morgan fingerprint density at radius 2 is 2.19 bits per heavy atom. The number of carbonyl (C=O) groups is 1. The zero-order valence-electron chi connectivity index (χ0n) is 12.2. The van der Waals surface area contributed by atoms with Crippen LogP contribution in [0.3, 0.4) is 0 Å². The minimum atomic E-state index is 0.236. The Morgan fingerprint density at radius 3 is 2.86 bits per heavy atom. The van der Waals surface area contributed by atoms with Crippen LogP contribution in [0.15, 0.2) is 40.5 Å². The molecule has 3 rings (SSSR count). The van der Waals surface area contributed by atoms with Gasteiger partial charge in [0.25, 0.3) is 0 Å². The quantitative estimate of drug-likeness (QED) is 0.805. The summed E-state index contributed by atoms with van der Waals surface area (Å²) in [5, 5.41) is 2.09. The average molecular weight is 303 g/mol. The molecule has 21 heavy (non-hydrogen) atoms. The smallest absolute Gasteiger partial charge is 0.225 e. The molecule has 0 aliphatic heterocycles. The lowest BCUT2D eigenvalue weighted by molar-refractivity contribution is -0.136. The highest BCUT2D eigenvalue weighted by molar-refractivity contribution is 7.09. The zero-order chi connectivity index (χ0) is 14.5. The molecule has 1 aliphatic carbocycles. The number of rotatable bonds is 6. The number of hydrogen-bond acceptors (Lipinski definition) is 3. The van der Waals surface area contributed by atoms with Crippen LogP contribution in [-0.2, 0) is 17.8 Å². The second-order valence-electron chi connectivity index (χ2n) is 5.70. The van der Waals surface area contributed by atoms with E-state index in [-0.39, 0.29) is 5.92 Å². The van der Waals surface area contributed by atoms with Crippen molar-refractivity contribution in [2.75, 3.05) is 6.54 Å². The van der Waals surface area contributed by atoms with E-state index >= 15 is 0 Å². The summed E-state index contributed by atoms with van der Waals surface area (Å²) in [7, 11) is 0. The van der Waals surface area contributed by atoms with E-state index in [2.05, 4.69) is 17.5 Å². The normalized spacial score (nSPS) is 15.4. The second-order valence-corrected chi connectivity index (χ2v) is 6.73. The van der Waals surface area contributed by atoms with E-state index in [1.54, 1.807) is 23.9 Å². The lowest BCUT2D eigenvalue weighted by Crippen LogP contribution is -2.36. The fraction of sp³-hybridized carbons (Fsp3) is 0.471. The van der Waals surface area contributed by atoms with Crippen LogP contribution >= 0.6 is 11.3 Å². The minimum Gasteiger partial charge on any atom is -0.472 e. The lowest BCUT2D eigenvalue weighted by atomic mass is 10.1. The molecule has 2 heterocycles. The third-order valence-corrected chi connectivity index (χ3v) is 5.11. The van der Waals surface area contributed by atoms with Gasteiger partial charge in [-0.1, -0.05) is 18.9 Å². The highest BCUT2D eigenvalue weighted by atomic mass is 32.1. The van der Waals surface area contributed by atoms with Crippen molar-refractivity contribution in [3.05, 3.63) is 46.5 Å². The first kappa shape index (κ1) is 14.4. The van der Waals surface area contributed by atoms with E-state index < -0.39 is 0 Å². The van der Waals surface area contributed by atoms with Gasteiger partial charge >= 0.3 is 0 Å². The molecule has 2 aromatic rings. The van der Waals surface area contributed by atoms with Gasteiger partial charge in [0.15, 0.2) is 0 Å². The van der Waals surface area contributed by atoms with Gasteiger partial charge in [-0.05, 0) is 36.8 Å². The van der Waals surface area contributed by atoms with Crippen LogP contribution in [-0.4, -0.2) is 17.4 Å². The van der Waals surface area contributed by atoms with Gasteiger partial charge in [0.05, 0.1) is 12.5 Å². The Labute approximate surface area is 129 Å². The predicted molar refractivity (Wildman–Crippen MR) is 84.1 cm³/mol. The zero-order valence-corrected chi connectivity index (χ0v) is 13.0.